The molecule has 5 rings (SSSR count). The maximum absolute atomic E-state index is 12.7. The molecule has 0 bridgehead atoms. The van der Waals surface area contributed by atoms with E-state index in [0.29, 0.717) is 46.2 Å². The highest BCUT2D eigenvalue weighted by Crippen LogP contribution is 2.23. The molecule has 1 aliphatic rings. The third kappa shape index (κ3) is 6.28. The van der Waals surface area contributed by atoms with E-state index in [1.54, 1.807) is 42.6 Å². The summed E-state index contributed by atoms with van der Waals surface area (Å²) >= 11 is 7.19. The van der Waals surface area contributed by atoms with E-state index in [9.17, 15) is 9.59 Å². The smallest absolute Gasteiger partial charge is 0.277 e. The summed E-state index contributed by atoms with van der Waals surface area (Å²) in [5.74, 6) is 0.262. The molecule has 188 valence electrons. The predicted molar refractivity (Wildman–Crippen MR) is 143 cm³/mol. The summed E-state index contributed by atoms with van der Waals surface area (Å²) in [7, 11) is 0. The van der Waals surface area contributed by atoms with Crippen LogP contribution in [-0.4, -0.2) is 63.8 Å². The monoisotopic (exact) mass is 534 g/mol. The molecule has 37 heavy (non-hydrogen) atoms. The number of piperazine rings is 1. The van der Waals surface area contributed by atoms with Crippen molar-refractivity contribution in [3.63, 3.8) is 0 Å². The lowest BCUT2D eigenvalue weighted by atomic mass is 10.1. The Morgan fingerprint density at radius 3 is 2.51 bits per heavy atom. The van der Waals surface area contributed by atoms with E-state index in [-0.39, 0.29) is 17.6 Å². The molecule has 0 aliphatic carbocycles. The number of benzene rings is 2. The number of amides is 2. The number of carbonyl (C=O) groups is 2. The third-order valence-corrected chi connectivity index (χ3v) is 6.83. The summed E-state index contributed by atoms with van der Waals surface area (Å²) < 4.78 is 5.57. The SMILES string of the molecule is O=C(CSc1nnc(-c2ccccn2)o1)Nc1ccc(N2CCN(C(=O)c3cccc(Cl)c3)CC2)cc1. The average Bonchev–Trinajstić information content (AvgIpc) is 3.42. The summed E-state index contributed by atoms with van der Waals surface area (Å²) in [5.41, 5.74) is 2.92. The van der Waals surface area contributed by atoms with Crippen molar-refractivity contribution >= 4 is 46.6 Å². The number of aromatic nitrogens is 3. The van der Waals surface area contributed by atoms with Gasteiger partial charge in [-0.1, -0.05) is 35.5 Å². The molecule has 0 spiro atoms. The first kappa shape index (κ1) is 24.8. The highest BCUT2D eigenvalue weighted by atomic mass is 35.5. The van der Waals surface area contributed by atoms with Gasteiger partial charge in [0.15, 0.2) is 0 Å². The summed E-state index contributed by atoms with van der Waals surface area (Å²) in [5, 5.41) is 11.7. The Kier molecular flexibility index (Phi) is 7.67. The Morgan fingerprint density at radius 2 is 1.78 bits per heavy atom. The van der Waals surface area contributed by atoms with Gasteiger partial charge in [-0.2, -0.15) is 0 Å². The van der Waals surface area contributed by atoms with Crippen molar-refractivity contribution in [2.45, 2.75) is 5.22 Å². The van der Waals surface area contributed by atoms with Crippen molar-refractivity contribution in [2.75, 3.05) is 42.1 Å². The van der Waals surface area contributed by atoms with Crippen molar-refractivity contribution in [2.24, 2.45) is 0 Å². The molecule has 2 aromatic carbocycles. The lowest BCUT2D eigenvalue weighted by Gasteiger charge is -2.36. The van der Waals surface area contributed by atoms with Gasteiger partial charge in [-0.05, 0) is 54.6 Å². The standard InChI is InChI=1S/C26H23ClN6O3S/c27-19-5-3-4-18(16-19)25(35)33-14-12-32(13-15-33)21-9-7-20(8-10-21)29-23(34)17-37-26-31-30-24(36-26)22-6-1-2-11-28-22/h1-11,16H,12-15,17H2,(H,29,34). The molecular formula is C26H23ClN6O3S. The fourth-order valence-corrected chi connectivity index (χ4v) is 4.67. The number of nitrogens with zero attached hydrogens (tertiary/aromatic N) is 5. The summed E-state index contributed by atoms with van der Waals surface area (Å²) in [6.07, 6.45) is 1.65. The number of anilines is 2. The van der Waals surface area contributed by atoms with Gasteiger partial charge in [-0.15, -0.1) is 10.2 Å². The van der Waals surface area contributed by atoms with Crippen LogP contribution in [0.15, 0.2) is 82.6 Å². The molecule has 0 unspecified atom stereocenters. The molecule has 11 heteroatoms. The molecule has 9 nitrogen and oxygen atoms in total. The van der Waals surface area contributed by atoms with E-state index >= 15 is 0 Å². The number of halogens is 1. The number of pyridine rings is 1. The summed E-state index contributed by atoms with van der Waals surface area (Å²) in [6, 6.07) is 20.1. The molecule has 1 aliphatic heterocycles. The summed E-state index contributed by atoms with van der Waals surface area (Å²) in [6.45, 7) is 2.69. The quantitative estimate of drug-likeness (QED) is 0.346. The largest absolute Gasteiger partial charge is 0.410 e. The van der Waals surface area contributed by atoms with Crippen molar-refractivity contribution in [1.29, 1.82) is 0 Å². The Hall–Kier alpha value is -3.89. The van der Waals surface area contributed by atoms with Crippen molar-refractivity contribution in [3.05, 3.63) is 83.5 Å². The molecule has 3 heterocycles. The van der Waals surface area contributed by atoms with Gasteiger partial charge in [0, 0.05) is 54.3 Å². The van der Waals surface area contributed by atoms with Crippen molar-refractivity contribution in [1.82, 2.24) is 20.1 Å². The predicted octanol–water partition coefficient (Wildman–Crippen LogP) is 4.48. The molecule has 0 atom stereocenters. The first-order chi connectivity index (χ1) is 18.0. The van der Waals surface area contributed by atoms with E-state index in [4.69, 9.17) is 16.0 Å². The Bertz CT molecular complexity index is 1370. The minimum atomic E-state index is -0.177. The normalized spacial score (nSPS) is 13.4. The van der Waals surface area contributed by atoms with Crippen LogP contribution < -0.4 is 10.2 Å². The fourth-order valence-electron chi connectivity index (χ4n) is 3.91. The van der Waals surface area contributed by atoms with Crippen LogP contribution in [0.25, 0.3) is 11.6 Å². The van der Waals surface area contributed by atoms with Gasteiger partial charge in [0.2, 0.25) is 5.91 Å². The number of nitrogens with one attached hydrogen (secondary N) is 1. The number of hydrogen-bond acceptors (Lipinski definition) is 8. The first-order valence-electron chi connectivity index (χ1n) is 11.6. The zero-order valence-corrected chi connectivity index (χ0v) is 21.3. The number of rotatable bonds is 7. The summed E-state index contributed by atoms with van der Waals surface area (Å²) in [4.78, 5) is 33.4. The Balaban J connectivity index is 1.09. The minimum absolute atomic E-state index is 0.00781. The van der Waals surface area contributed by atoms with Gasteiger partial charge < -0.3 is 19.5 Å². The van der Waals surface area contributed by atoms with Crippen molar-refractivity contribution < 1.29 is 14.0 Å². The lowest BCUT2D eigenvalue weighted by Crippen LogP contribution is -2.48. The molecule has 0 saturated carbocycles. The average molecular weight is 535 g/mol. The maximum atomic E-state index is 12.7. The van der Waals surface area contributed by atoms with Crippen LogP contribution in [0.3, 0.4) is 0 Å². The highest BCUT2D eigenvalue weighted by Gasteiger charge is 2.22. The van der Waals surface area contributed by atoms with E-state index in [1.807, 2.05) is 35.2 Å². The number of hydrogen-bond donors (Lipinski definition) is 1. The van der Waals surface area contributed by atoms with Crippen LogP contribution in [0.4, 0.5) is 11.4 Å². The van der Waals surface area contributed by atoms with Crippen molar-refractivity contribution in [3.8, 4) is 11.6 Å². The second-order valence-corrected chi connectivity index (χ2v) is 9.62. The topological polar surface area (TPSA) is 104 Å². The van der Waals surface area contributed by atoms with Crippen LogP contribution in [0.1, 0.15) is 10.4 Å². The molecular weight excluding hydrogens is 512 g/mol. The van der Waals surface area contributed by atoms with E-state index in [2.05, 4.69) is 25.4 Å². The fraction of sp³-hybridized carbons (Fsp3) is 0.192. The van der Waals surface area contributed by atoms with Gasteiger partial charge in [-0.25, -0.2) is 0 Å². The molecule has 1 fully saturated rings. The molecule has 4 aromatic rings. The van der Waals surface area contributed by atoms with Crippen LogP contribution in [0.5, 0.6) is 0 Å². The number of thioether (sulfide) groups is 1. The third-order valence-electron chi connectivity index (χ3n) is 5.77. The zero-order valence-electron chi connectivity index (χ0n) is 19.7. The molecule has 1 N–H and O–H groups in total. The van der Waals surface area contributed by atoms with E-state index in [1.165, 1.54) is 0 Å². The van der Waals surface area contributed by atoms with Gasteiger partial charge in [0.1, 0.15) is 5.69 Å². The molecule has 2 amide bonds. The second-order valence-electron chi connectivity index (χ2n) is 8.26. The second kappa shape index (κ2) is 11.4. The zero-order chi connectivity index (χ0) is 25.6. The van der Waals surface area contributed by atoms with Gasteiger partial charge >= 0.3 is 0 Å². The number of carbonyl (C=O) groups excluding carboxylic acids is 2. The lowest BCUT2D eigenvalue weighted by molar-refractivity contribution is -0.113. The van der Waals surface area contributed by atoms with Gasteiger partial charge in [0.25, 0.3) is 17.0 Å². The Morgan fingerprint density at radius 1 is 0.973 bits per heavy atom. The highest BCUT2D eigenvalue weighted by molar-refractivity contribution is 7.99. The molecule has 2 aromatic heterocycles. The van der Waals surface area contributed by atoms with Crippen LogP contribution in [0, 0.1) is 0 Å². The first-order valence-corrected chi connectivity index (χ1v) is 13.0. The van der Waals surface area contributed by atoms with Gasteiger partial charge in [0.05, 0.1) is 5.75 Å². The van der Waals surface area contributed by atoms with E-state index in [0.717, 1.165) is 30.5 Å². The van der Waals surface area contributed by atoms with Crippen LogP contribution in [0.2, 0.25) is 5.02 Å². The Labute approximate surface area is 222 Å². The molecule has 0 radical (unpaired) electrons. The van der Waals surface area contributed by atoms with Crippen LogP contribution >= 0.6 is 23.4 Å². The van der Waals surface area contributed by atoms with E-state index < -0.39 is 0 Å². The maximum Gasteiger partial charge on any atom is 0.277 e. The minimum Gasteiger partial charge on any atom is -0.410 e. The van der Waals surface area contributed by atoms with Crippen LogP contribution in [-0.2, 0) is 4.79 Å². The van der Waals surface area contributed by atoms with Gasteiger partial charge in [-0.3, -0.25) is 14.6 Å². The molecule has 1 saturated heterocycles.